The Balaban J connectivity index is 1.95. The SMILES string of the molecule is CC(=O)N1CCCC(Cc2nccn2C)C1. The minimum atomic E-state index is 0.199. The first-order valence-electron chi connectivity index (χ1n) is 5.88. The van der Waals surface area contributed by atoms with Crippen molar-refractivity contribution in [3.8, 4) is 0 Å². The highest BCUT2D eigenvalue weighted by Crippen LogP contribution is 2.19. The van der Waals surface area contributed by atoms with E-state index < -0.39 is 0 Å². The van der Waals surface area contributed by atoms with Crippen molar-refractivity contribution in [2.45, 2.75) is 26.2 Å². The van der Waals surface area contributed by atoms with Gasteiger partial charge in [0.1, 0.15) is 5.82 Å². The van der Waals surface area contributed by atoms with Crippen LogP contribution in [0.2, 0.25) is 0 Å². The lowest BCUT2D eigenvalue weighted by atomic mass is 9.94. The number of hydrogen-bond acceptors (Lipinski definition) is 2. The highest BCUT2D eigenvalue weighted by atomic mass is 16.2. The monoisotopic (exact) mass is 221 g/mol. The summed E-state index contributed by atoms with van der Waals surface area (Å²) in [5.41, 5.74) is 0. The van der Waals surface area contributed by atoms with Gasteiger partial charge in [0, 0.05) is 45.9 Å². The topological polar surface area (TPSA) is 38.1 Å². The molecular formula is C12H19N3O. The molecule has 1 aliphatic rings. The number of amides is 1. The molecule has 0 N–H and O–H groups in total. The van der Waals surface area contributed by atoms with Gasteiger partial charge >= 0.3 is 0 Å². The third-order valence-electron chi connectivity index (χ3n) is 3.36. The summed E-state index contributed by atoms with van der Waals surface area (Å²) in [5, 5.41) is 0. The molecule has 4 heteroatoms. The molecule has 1 aromatic rings. The molecule has 1 unspecified atom stereocenters. The minimum absolute atomic E-state index is 0.199. The third kappa shape index (κ3) is 2.43. The van der Waals surface area contributed by atoms with Gasteiger partial charge in [0.25, 0.3) is 0 Å². The minimum Gasteiger partial charge on any atom is -0.343 e. The van der Waals surface area contributed by atoms with E-state index in [1.54, 1.807) is 6.92 Å². The lowest BCUT2D eigenvalue weighted by Crippen LogP contribution is -2.39. The summed E-state index contributed by atoms with van der Waals surface area (Å²) in [6, 6.07) is 0. The van der Waals surface area contributed by atoms with Gasteiger partial charge in [0.05, 0.1) is 0 Å². The van der Waals surface area contributed by atoms with Crippen molar-refractivity contribution in [3.63, 3.8) is 0 Å². The maximum absolute atomic E-state index is 11.3. The van der Waals surface area contributed by atoms with Gasteiger partial charge in [-0.25, -0.2) is 4.98 Å². The molecule has 2 heterocycles. The smallest absolute Gasteiger partial charge is 0.219 e. The number of imidazole rings is 1. The van der Waals surface area contributed by atoms with E-state index in [1.807, 2.05) is 24.3 Å². The van der Waals surface area contributed by atoms with Crippen LogP contribution in [0, 0.1) is 5.92 Å². The molecule has 2 rings (SSSR count). The van der Waals surface area contributed by atoms with Crippen molar-refractivity contribution in [2.24, 2.45) is 13.0 Å². The first kappa shape index (κ1) is 11.2. The second-order valence-electron chi connectivity index (χ2n) is 4.63. The van der Waals surface area contributed by atoms with Crippen LogP contribution in [0.25, 0.3) is 0 Å². The van der Waals surface area contributed by atoms with E-state index in [-0.39, 0.29) is 5.91 Å². The van der Waals surface area contributed by atoms with Crippen LogP contribution >= 0.6 is 0 Å². The molecule has 1 atom stereocenters. The molecule has 1 amide bonds. The Bertz CT molecular complexity index is 372. The molecule has 4 nitrogen and oxygen atoms in total. The summed E-state index contributed by atoms with van der Waals surface area (Å²) in [6.45, 7) is 3.47. The van der Waals surface area contributed by atoms with Crippen LogP contribution in [0.3, 0.4) is 0 Å². The molecule has 0 bridgehead atoms. The lowest BCUT2D eigenvalue weighted by molar-refractivity contribution is -0.130. The van der Waals surface area contributed by atoms with Gasteiger partial charge in [-0.15, -0.1) is 0 Å². The van der Waals surface area contributed by atoms with Gasteiger partial charge in [-0.2, -0.15) is 0 Å². The Morgan fingerprint density at radius 2 is 2.44 bits per heavy atom. The van der Waals surface area contributed by atoms with Crippen molar-refractivity contribution in [1.29, 1.82) is 0 Å². The van der Waals surface area contributed by atoms with Crippen molar-refractivity contribution >= 4 is 5.91 Å². The molecule has 0 saturated carbocycles. The van der Waals surface area contributed by atoms with E-state index >= 15 is 0 Å². The molecular weight excluding hydrogens is 202 g/mol. The normalized spacial score (nSPS) is 21.1. The fraction of sp³-hybridized carbons (Fsp3) is 0.667. The second-order valence-corrected chi connectivity index (χ2v) is 4.63. The van der Waals surface area contributed by atoms with Gasteiger partial charge in [-0.1, -0.05) is 0 Å². The highest BCUT2D eigenvalue weighted by Gasteiger charge is 2.22. The predicted molar refractivity (Wildman–Crippen MR) is 61.9 cm³/mol. The van der Waals surface area contributed by atoms with E-state index in [4.69, 9.17) is 0 Å². The average Bonchev–Trinajstić information content (AvgIpc) is 2.65. The molecule has 1 saturated heterocycles. The molecule has 0 radical (unpaired) electrons. The molecule has 0 spiro atoms. The fourth-order valence-electron chi connectivity index (χ4n) is 2.37. The van der Waals surface area contributed by atoms with Crippen molar-refractivity contribution in [3.05, 3.63) is 18.2 Å². The number of carbonyl (C=O) groups excluding carboxylic acids is 1. The number of hydrogen-bond donors (Lipinski definition) is 0. The van der Waals surface area contributed by atoms with Crippen LogP contribution in [-0.2, 0) is 18.3 Å². The third-order valence-corrected chi connectivity index (χ3v) is 3.36. The van der Waals surface area contributed by atoms with Crippen molar-refractivity contribution < 1.29 is 4.79 Å². The number of nitrogens with zero attached hydrogens (tertiary/aromatic N) is 3. The van der Waals surface area contributed by atoms with Gasteiger partial charge in [0.15, 0.2) is 0 Å². The van der Waals surface area contributed by atoms with E-state index in [2.05, 4.69) is 9.55 Å². The molecule has 0 aliphatic carbocycles. The zero-order chi connectivity index (χ0) is 11.5. The molecule has 1 aliphatic heterocycles. The maximum Gasteiger partial charge on any atom is 0.219 e. The molecule has 1 fully saturated rings. The quantitative estimate of drug-likeness (QED) is 0.753. The summed E-state index contributed by atoms with van der Waals surface area (Å²) < 4.78 is 2.06. The Labute approximate surface area is 96.3 Å². The van der Waals surface area contributed by atoms with Crippen LogP contribution in [0.5, 0.6) is 0 Å². The highest BCUT2D eigenvalue weighted by molar-refractivity contribution is 5.73. The second kappa shape index (κ2) is 4.68. The Kier molecular flexibility index (Phi) is 3.27. The number of aryl methyl sites for hydroxylation is 1. The number of rotatable bonds is 2. The van der Waals surface area contributed by atoms with E-state index in [0.717, 1.165) is 31.8 Å². The Morgan fingerprint density at radius 3 is 3.06 bits per heavy atom. The summed E-state index contributed by atoms with van der Waals surface area (Å²) in [5.74, 6) is 1.89. The number of carbonyl (C=O) groups is 1. The number of likely N-dealkylation sites (tertiary alicyclic amines) is 1. The molecule has 1 aromatic heterocycles. The van der Waals surface area contributed by atoms with E-state index in [0.29, 0.717) is 5.92 Å². The lowest BCUT2D eigenvalue weighted by Gasteiger charge is -2.31. The Morgan fingerprint density at radius 1 is 1.62 bits per heavy atom. The van der Waals surface area contributed by atoms with Gasteiger partial charge in [0.2, 0.25) is 5.91 Å². The van der Waals surface area contributed by atoms with Crippen LogP contribution in [0.15, 0.2) is 12.4 Å². The van der Waals surface area contributed by atoms with Crippen molar-refractivity contribution in [1.82, 2.24) is 14.5 Å². The van der Waals surface area contributed by atoms with Crippen LogP contribution < -0.4 is 0 Å². The first-order chi connectivity index (χ1) is 7.66. The summed E-state index contributed by atoms with van der Waals surface area (Å²) in [6.07, 6.45) is 7.11. The predicted octanol–water partition coefficient (Wildman–Crippen LogP) is 1.22. The van der Waals surface area contributed by atoms with E-state index in [9.17, 15) is 4.79 Å². The molecule has 16 heavy (non-hydrogen) atoms. The largest absolute Gasteiger partial charge is 0.343 e. The fourth-order valence-corrected chi connectivity index (χ4v) is 2.37. The maximum atomic E-state index is 11.3. The number of aromatic nitrogens is 2. The van der Waals surface area contributed by atoms with Crippen LogP contribution in [0.1, 0.15) is 25.6 Å². The molecule has 0 aromatic carbocycles. The standard InChI is InChI=1S/C12H19N3O/c1-10(16)15-6-3-4-11(9-15)8-12-13-5-7-14(12)2/h5,7,11H,3-4,6,8-9H2,1-2H3. The van der Waals surface area contributed by atoms with Crippen LogP contribution in [-0.4, -0.2) is 33.4 Å². The van der Waals surface area contributed by atoms with Crippen LogP contribution in [0.4, 0.5) is 0 Å². The number of piperidine rings is 1. The zero-order valence-corrected chi connectivity index (χ0v) is 10.0. The zero-order valence-electron chi connectivity index (χ0n) is 10.0. The summed E-state index contributed by atoms with van der Waals surface area (Å²) >= 11 is 0. The average molecular weight is 221 g/mol. The molecule has 88 valence electrons. The Hall–Kier alpha value is -1.32. The van der Waals surface area contributed by atoms with Gasteiger partial charge in [-0.05, 0) is 18.8 Å². The van der Waals surface area contributed by atoms with Crippen molar-refractivity contribution in [2.75, 3.05) is 13.1 Å². The summed E-state index contributed by atoms with van der Waals surface area (Å²) in [7, 11) is 2.02. The summed E-state index contributed by atoms with van der Waals surface area (Å²) in [4.78, 5) is 17.6. The van der Waals surface area contributed by atoms with Gasteiger partial charge in [-0.3, -0.25) is 4.79 Å². The van der Waals surface area contributed by atoms with Gasteiger partial charge < -0.3 is 9.47 Å². The first-order valence-corrected chi connectivity index (χ1v) is 5.88. The van der Waals surface area contributed by atoms with E-state index in [1.165, 1.54) is 6.42 Å².